The molecule has 0 aromatic carbocycles. The highest BCUT2D eigenvalue weighted by molar-refractivity contribution is 5.66. The predicted octanol–water partition coefficient (Wildman–Crippen LogP) is 1.60. The number of rotatable bonds is 9. The van der Waals surface area contributed by atoms with Gasteiger partial charge in [-0.05, 0) is 19.3 Å². The van der Waals surface area contributed by atoms with Crippen LogP contribution in [0.25, 0.3) is 0 Å². The molecule has 0 aliphatic carbocycles. The molecule has 0 unspecified atom stereocenters. The van der Waals surface area contributed by atoms with Crippen molar-refractivity contribution in [1.29, 1.82) is 0 Å². The summed E-state index contributed by atoms with van der Waals surface area (Å²) in [5.74, 6) is -1.10. The van der Waals surface area contributed by atoms with Crippen LogP contribution in [0.1, 0.15) is 39.0 Å². The number of aliphatic carboxylic acids is 1. The van der Waals surface area contributed by atoms with E-state index in [1.807, 2.05) is 0 Å². The molecule has 5 nitrogen and oxygen atoms in total. The summed E-state index contributed by atoms with van der Waals surface area (Å²) in [6.45, 7) is 1.91. The van der Waals surface area contributed by atoms with Gasteiger partial charge in [0, 0.05) is 33.5 Å². The van der Waals surface area contributed by atoms with E-state index < -0.39 is 5.97 Å². The standard InChI is InChI=1S/C11H20O5/c1-9(12)16-10(7-8-15-2)5-3-4-6-11(13)14/h10H,3-8H2,1-2H3,(H,13,14)/t10-/m0/s1. The van der Waals surface area contributed by atoms with E-state index in [0.717, 1.165) is 6.42 Å². The summed E-state index contributed by atoms with van der Waals surface area (Å²) in [7, 11) is 1.59. The minimum Gasteiger partial charge on any atom is -0.481 e. The van der Waals surface area contributed by atoms with Crippen LogP contribution in [0.2, 0.25) is 0 Å². The Morgan fingerprint density at radius 1 is 1.25 bits per heavy atom. The van der Waals surface area contributed by atoms with Gasteiger partial charge < -0.3 is 14.6 Å². The van der Waals surface area contributed by atoms with E-state index in [2.05, 4.69) is 0 Å². The smallest absolute Gasteiger partial charge is 0.303 e. The van der Waals surface area contributed by atoms with Crippen LogP contribution in [0, 0.1) is 0 Å². The Balaban J connectivity index is 3.72. The van der Waals surface area contributed by atoms with E-state index in [-0.39, 0.29) is 18.5 Å². The highest BCUT2D eigenvalue weighted by Crippen LogP contribution is 2.11. The Kier molecular flexibility index (Phi) is 8.52. The van der Waals surface area contributed by atoms with Gasteiger partial charge in [0.2, 0.25) is 0 Å². The molecule has 0 bridgehead atoms. The summed E-state index contributed by atoms with van der Waals surface area (Å²) in [6.07, 6.45) is 2.70. The highest BCUT2D eigenvalue weighted by atomic mass is 16.5. The van der Waals surface area contributed by atoms with Crippen LogP contribution < -0.4 is 0 Å². The second kappa shape index (κ2) is 9.15. The summed E-state index contributed by atoms with van der Waals surface area (Å²) in [6, 6.07) is 0. The number of hydrogen-bond donors (Lipinski definition) is 1. The third kappa shape index (κ3) is 9.45. The molecule has 0 fully saturated rings. The molecule has 0 aliphatic rings. The minimum atomic E-state index is -0.791. The van der Waals surface area contributed by atoms with Gasteiger partial charge in [-0.2, -0.15) is 0 Å². The van der Waals surface area contributed by atoms with E-state index >= 15 is 0 Å². The molecule has 0 aromatic rings. The summed E-state index contributed by atoms with van der Waals surface area (Å²) >= 11 is 0. The number of carboxylic acid groups (broad SMARTS) is 1. The maximum absolute atomic E-state index is 10.8. The summed E-state index contributed by atoms with van der Waals surface area (Å²) in [5, 5.41) is 8.46. The van der Waals surface area contributed by atoms with Gasteiger partial charge >= 0.3 is 11.9 Å². The largest absolute Gasteiger partial charge is 0.481 e. The molecule has 0 heterocycles. The fourth-order valence-corrected chi connectivity index (χ4v) is 1.39. The topological polar surface area (TPSA) is 72.8 Å². The molecule has 0 aliphatic heterocycles. The monoisotopic (exact) mass is 232 g/mol. The maximum Gasteiger partial charge on any atom is 0.303 e. The first-order chi connectivity index (χ1) is 7.56. The molecule has 0 spiro atoms. The number of esters is 1. The van der Waals surface area contributed by atoms with Crippen LogP contribution in [0.4, 0.5) is 0 Å². The van der Waals surface area contributed by atoms with Crippen LogP contribution in [0.5, 0.6) is 0 Å². The Bertz CT molecular complexity index is 214. The quantitative estimate of drug-likeness (QED) is 0.483. The Morgan fingerprint density at radius 2 is 1.94 bits per heavy atom. The number of carbonyl (C=O) groups excluding carboxylic acids is 1. The molecule has 94 valence electrons. The summed E-state index contributed by atoms with van der Waals surface area (Å²) < 4.78 is 10.0. The lowest BCUT2D eigenvalue weighted by Crippen LogP contribution is -2.18. The van der Waals surface area contributed by atoms with Crippen molar-refractivity contribution >= 4 is 11.9 Å². The number of hydrogen-bond acceptors (Lipinski definition) is 4. The van der Waals surface area contributed by atoms with E-state index in [1.165, 1.54) is 6.92 Å². The second-order valence-corrected chi connectivity index (χ2v) is 3.65. The first kappa shape index (κ1) is 14.9. The number of methoxy groups -OCH3 is 1. The zero-order valence-corrected chi connectivity index (χ0v) is 9.90. The number of carbonyl (C=O) groups is 2. The minimum absolute atomic E-state index is 0.161. The van der Waals surface area contributed by atoms with Gasteiger partial charge in [-0.3, -0.25) is 9.59 Å². The van der Waals surface area contributed by atoms with E-state index in [1.54, 1.807) is 7.11 Å². The molecule has 5 heteroatoms. The Hall–Kier alpha value is -1.10. The predicted molar refractivity (Wildman–Crippen MR) is 58.2 cm³/mol. The van der Waals surface area contributed by atoms with Gasteiger partial charge in [0.25, 0.3) is 0 Å². The summed E-state index contributed by atoms with van der Waals surface area (Å²) in [4.78, 5) is 21.1. The van der Waals surface area contributed by atoms with Crippen molar-refractivity contribution < 1.29 is 24.2 Å². The molecule has 0 amide bonds. The summed E-state index contributed by atoms with van der Waals surface area (Å²) in [5.41, 5.74) is 0. The van der Waals surface area contributed by atoms with Crippen molar-refractivity contribution in [3.63, 3.8) is 0 Å². The molecule has 1 N–H and O–H groups in total. The fraction of sp³-hybridized carbons (Fsp3) is 0.818. The van der Waals surface area contributed by atoms with Crippen molar-refractivity contribution in [2.24, 2.45) is 0 Å². The molecular weight excluding hydrogens is 212 g/mol. The van der Waals surface area contributed by atoms with Crippen LogP contribution in [-0.4, -0.2) is 36.9 Å². The molecule has 0 saturated heterocycles. The highest BCUT2D eigenvalue weighted by Gasteiger charge is 2.11. The average molecular weight is 232 g/mol. The molecular formula is C11H20O5. The lowest BCUT2D eigenvalue weighted by molar-refractivity contribution is -0.147. The third-order valence-electron chi connectivity index (χ3n) is 2.14. The molecule has 0 radical (unpaired) electrons. The van der Waals surface area contributed by atoms with Crippen molar-refractivity contribution in [2.75, 3.05) is 13.7 Å². The van der Waals surface area contributed by atoms with Crippen molar-refractivity contribution in [3.8, 4) is 0 Å². The van der Waals surface area contributed by atoms with E-state index in [4.69, 9.17) is 14.6 Å². The van der Waals surface area contributed by atoms with Crippen molar-refractivity contribution in [3.05, 3.63) is 0 Å². The lowest BCUT2D eigenvalue weighted by Gasteiger charge is -2.16. The zero-order chi connectivity index (χ0) is 12.4. The molecule has 16 heavy (non-hydrogen) atoms. The van der Waals surface area contributed by atoms with Gasteiger partial charge in [-0.15, -0.1) is 0 Å². The Morgan fingerprint density at radius 3 is 2.44 bits per heavy atom. The number of carboxylic acids is 1. The van der Waals surface area contributed by atoms with E-state index in [9.17, 15) is 9.59 Å². The van der Waals surface area contributed by atoms with Gasteiger partial charge in [0.15, 0.2) is 0 Å². The number of unbranched alkanes of at least 4 members (excludes halogenated alkanes) is 1. The van der Waals surface area contributed by atoms with Crippen LogP contribution >= 0.6 is 0 Å². The fourth-order valence-electron chi connectivity index (χ4n) is 1.39. The molecule has 0 aromatic heterocycles. The lowest BCUT2D eigenvalue weighted by atomic mass is 10.1. The molecule has 0 saturated carbocycles. The zero-order valence-electron chi connectivity index (χ0n) is 9.90. The van der Waals surface area contributed by atoms with Gasteiger partial charge in [0.05, 0.1) is 0 Å². The van der Waals surface area contributed by atoms with E-state index in [0.29, 0.717) is 25.9 Å². The van der Waals surface area contributed by atoms with Crippen molar-refractivity contribution in [1.82, 2.24) is 0 Å². The maximum atomic E-state index is 10.8. The number of ether oxygens (including phenoxy) is 2. The second-order valence-electron chi connectivity index (χ2n) is 3.65. The first-order valence-corrected chi connectivity index (χ1v) is 5.44. The third-order valence-corrected chi connectivity index (χ3v) is 2.14. The van der Waals surface area contributed by atoms with Crippen LogP contribution in [0.3, 0.4) is 0 Å². The Labute approximate surface area is 95.7 Å². The normalized spacial score (nSPS) is 12.1. The van der Waals surface area contributed by atoms with Gasteiger partial charge in [0.1, 0.15) is 6.10 Å². The van der Waals surface area contributed by atoms with Gasteiger partial charge in [-0.1, -0.05) is 0 Å². The van der Waals surface area contributed by atoms with Gasteiger partial charge in [-0.25, -0.2) is 0 Å². The first-order valence-electron chi connectivity index (χ1n) is 5.44. The van der Waals surface area contributed by atoms with Crippen LogP contribution in [0.15, 0.2) is 0 Å². The molecule has 0 rings (SSSR count). The van der Waals surface area contributed by atoms with Crippen molar-refractivity contribution in [2.45, 2.75) is 45.1 Å². The van der Waals surface area contributed by atoms with Crippen LogP contribution in [-0.2, 0) is 19.1 Å². The average Bonchev–Trinajstić information content (AvgIpc) is 2.19. The SMILES string of the molecule is COCC[C@H](CCCCC(=O)O)OC(C)=O. The molecule has 1 atom stereocenters.